The van der Waals surface area contributed by atoms with E-state index in [1.165, 1.54) is 23.1 Å². The molecular weight excluding hydrogens is 515 g/mol. The van der Waals surface area contributed by atoms with Crippen LogP contribution in [0, 0.1) is 0 Å². The van der Waals surface area contributed by atoms with E-state index in [4.69, 9.17) is 11.6 Å². The standard InChI is InChI=1S/C25H17ClF3N3O3S/c26-17-12-10-16(11-13-17)14-20-23(34)32(18-6-2-1-3-7-18)24(31-20)36-15-22(33)30-19-8-4-5-9-21(19)35-25(27,28)29/h1-14H,15H2,(H,30,33)/b20-14+. The molecule has 0 aromatic heterocycles. The second kappa shape index (κ2) is 10.9. The summed E-state index contributed by atoms with van der Waals surface area (Å²) in [7, 11) is 0. The number of benzene rings is 3. The van der Waals surface area contributed by atoms with Crippen LogP contribution in [0.4, 0.5) is 24.5 Å². The Morgan fingerprint density at radius 2 is 1.69 bits per heavy atom. The van der Waals surface area contributed by atoms with Gasteiger partial charge in [-0.15, -0.1) is 13.2 Å². The Morgan fingerprint density at radius 1 is 1.03 bits per heavy atom. The molecule has 0 bridgehead atoms. The molecule has 3 aromatic carbocycles. The van der Waals surface area contributed by atoms with Gasteiger partial charge in [-0.25, -0.2) is 4.99 Å². The van der Waals surface area contributed by atoms with Crippen LogP contribution in [0.25, 0.3) is 6.08 Å². The SMILES string of the molecule is O=C(CSC1=N/C(=C/c2ccc(Cl)cc2)C(=O)N1c1ccccc1)Nc1ccccc1OC(F)(F)F. The van der Waals surface area contributed by atoms with Crippen LogP contribution in [0.1, 0.15) is 5.56 Å². The molecule has 4 rings (SSSR count). The maximum atomic E-state index is 13.2. The number of rotatable bonds is 6. The lowest BCUT2D eigenvalue weighted by Gasteiger charge is -2.18. The third-order valence-corrected chi connectivity index (χ3v) is 5.93. The molecule has 0 saturated carbocycles. The van der Waals surface area contributed by atoms with E-state index in [2.05, 4.69) is 15.0 Å². The average molecular weight is 532 g/mol. The summed E-state index contributed by atoms with van der Waals surface area (Å²) in [4.78, 5) is 31.5. The Balaban J connectivity index is 1.53. The van der Waals surface area contributed by atoms with Gasteiger partial charge < -0.3 is 10.1 Å². The van der Waals surface area contributed by atoms with Gasteiger partial charge in [0, 0.05) is 5.02 Å². The Kier molecular flexibility index (Phi) is 7.66. The van der Waals surface area contributed by atoms with Gasteiger partial charge in [0.2, 0.25) is 5.91 Å². The van der Waals surface area contributed by atoms with E-state index in [0.29, 0.717) is 16.3 Å². The summed E-state index contributed by atoms with van der Waals surface area (Å²) < 4.78 is 41.9. The molecule has 36 heavy (non-hydrogen) atoms. The van der Waals surface area contributed by atoms with Crippen LogP contribution in [0.3, 0.4) is 0 Å². The Morgan fingerprint density at radius 3 is 2.39 bits per heavy atom. The molecule has 1 aliphatic rings. The predicted octanol–water partition coefficient (Wildman–Crippen LogP) is 6.35. The lowest BCUT2D eigenvalue weighted by atomic mass is 10.2. The van der Waals surface area contributed by atoms with Crippen molar-refractivity contribution >= 4 is 57.8 Å². The lowest BCUT2D eigenvalue weighted by molar-refractivity contribution is -0.274. The lowest BCUT2D eigenvalue weighted by Crippen LogP contribution is -2.31. The minimum absolute atomic E-state index is 0.131. The molecule has 11 heteroatoms. The summed E-state index contributed by atoms with van der Waals surface area (Å²) in [6.07, 6.45) is -3.30. The van der Waals surface area contributed by atoms with Crippen LogP contribution in [0.15, 0.2) is 89.6 Å². The van der Waals surface area contributed by atoms with Crippen molar-refractivity contribution in [2.45, 2.75) is 6.36 Å². The number of carbonyl (C=O) groups excluding carboxylic acids is 2. The van der Waals surface area contributed by atoms with Crippen molar-refractivity contribution in [2.24, 2.45) is 4.99 Å². The molecule has 0 radical (unpaired) electrons. The van der Waals surface area contributed by atoms with E-state index in [-0.39, 0.29) is 28.2 Å². The first-order chi connectivity index (χ1) is 17.2. The summed E-state index contributed by atoms with van der Waals surface area (Å²) >= 11 is 6.90. The minimum Gasteiger partial charge on any atom is -0.404 e. The molecule has 0 atom stereocenters. The quantitative estimate of drug-likeness (QED) is 0.376. The highest BCUT2D eigenvalue weighted by atomic mass is 35.5. The first kappa shape index (κ1) is 25.3. The summed E-state index contributed by atoms with van der Waals surface area (Å²) in [5, 5.41) is 3.21. The molecular formula is C25H17ClF3N3O3S. The zero-order valence-corrected chi connectivity index (χ0v) is 19.9. The third kappa shape index (κ3) is 6.46. The van der Waals surface area contributed by atoms with Crippen LogP contribution in [0.2, 0.25) is 5.02 Å². The summed E-state index contributed by atoms with van der Waals surface area (Å²) in [6, 6.07) is 20.8. The fourth-order valence-corrected chi connectivity index (χ4v) is 4.15. The van der Waals surface area contributed by atoms with E-state index in [1.54, 1.807) is 60.7 Å². The van der Waals surface area contributed by atoms with Crippen LogP contribution in [0.5, 0.6) is 5.75 Å². The number of para-hydroxylation sites is 3. The molecule has 0 saturated heterocycles. The van der Waals surface area contributed by atoms with Crippen LogP contribution >= 0.6 is 23.4 Å². The number of alkyl halides is 3. The Hall–Kier alpha value is -3.76. The topological polar surface area (TPSA) is 71.0 Å². The minimum atomic E-state index is -4.91. The number of halogens is 4. The molecule has 6 nitrogen and oxygen atoms in total. The van der Waals surface area contributed by atoms with E-state index >= 15 is 0 Å². The second-order valence-electron chi connectivity index (χ2n) is 7.33. The molecule has 0 fully saturated rings. The van der Waals surface area contributed by atoms with Gasteiger partial charge in [0.15, 0.2) is 10.9 Å². The predicted molar refractivity (Wildman–Crippen MR) is 135 cm³/mol. The smallest absolute Gasteiger partial charge is 0.404 e. The maximum absolute atomic E-state index is 13.2. The fourth-order valence-electron chi connectivity index (χ4n) is 3.21. The van der Waals surface area contributed by atoms with Crippen molar-refractivity contribution in [3.8, 4) is 5.75 Å². The van der Waals surface area contributed by atoms with Gasteiger partial charge in [-0.2, -0.15) is 0 Å². The number of hydrogen-bond acceptors (Lipinski definition) is 5. The van der Waals surface area contributed by atoms with Crippen molar-refractivity contribution in [3.05, 3.63) is 95.1 Å². The van der Waals surface area contributed by atoms with Gasteiger partial charge >= 0.3 is 6.36 Å². The van der Waals surface area contributed by atoms with Crippen molar-refractivity contribution < 1.29 is 27.5 Å². The average Bonchev–Trinajstić information content (AvgIpc) is 3.15. The van der Waals surface area contributed by atoms with Crippen molar-refractivity contribution in [1.82, 2.24) is 0 Å². The number of anilines is 2. The summed E-state index contributed by atoms with van der Waals surface area (Å²) in [5.74, 6) is -1.74. The van der Waals surface area contributed by atoms with E-state index in [0.717, 1.165) is 17.8 Å². The van der Waals surface area contributed by atoms with Gasteiger partial charge in [0.05, 0.1) is 17.1 Å². The highest BCUT2D eigenvalue weighted by Crippen LogP contribution is 2.32. The second-order valence-corrected chi connectivity index (χ2v) is 8.71. The first-order valence-corrected chi connectivity index (χ1v) is 11.8. The molecule has 1 heterocycles. The van der Waals surface area contributed by atoms with Crippen LogP contribution in [-0.4, -0.2) is 29.1 Å². The summed E-state index contributed by atoms with van der Waals surface area (Å²) in [6.45, 7) is 0. The molecule has 0 spiro atoms. The van der Waals surface area contributed by atoms with E-state index < -0.39 is 18.0 Å². The number of hydrogen-bond donors (Lipinski definition) is 1. The van der Waals surface area contributed by atoms with E-state index in [1.807, 2.05) is 0 Å². The van der Waals surface area contributed by atoms with Gasteiger partial charge in [-0.05, 0) is 48.0 Å². The molecule has 1 N–H and O–H groups in total. The fraction of sp³-hybridized carbons (Fsp3) is 0.0800. The van der Waals surface area contributed by atoms with Crippen molar-refractivity contribution in [2.75, 3.05) is 16.0 Å². The molecule has 2 amide bonds. The molecule has 0 unspecified atom stereocenters. The Labute approximate surface area is 213 Å². The number of ether oxygens (including phenoxy) is 1. The zero-order valence-electron chi connectivity index (χ0n) is 18.3. The highest BCUT2D eigenvalue weighted by molar-refractivity contribution is 8.14. The molecule has 184 valence electrons. The number of thioether (sulfide) groups is 1. The number of nitrogens with zero attached hydrogens (tertiary/aromatic N) is 2. The monoisotopic (exact) mass is 531 g/mol. The van der Waals surface area contributed by atoms with E-state index in [9.17, 15) is 22.8 Å². The normalized spacial score (nSPS) is 14.7. The number of nitrogens with one attached hydrogen (secondary N) is 1. The zero-order chi connectivity index (χ0) is 25.7. The molecule has 1 aliphatic heterocycles. The van der Waals surface area contributed by atoms with Gasteiger partial charge in [-0.3, -0.25) is 14.5 Å². The van der Waals surface area contributed by atoms with Gasteiger partial charge in [0.25, 0.3) is 5.91 Å². The largest absolute Gasteiger partial charge is 0.573 e. The van der Waals surface area contributed by atoms with Gasteiger partial charge in [0.1, 0.15) is 5.70 Å². The van der Waals surface area contributed by atoms with Crippen molar-refractivity contribution in [1.29, 1.82) is 0 Å². The number of amidine groups is 1. The first-order valence-electron chi connectivity index (χ1n) is 10.4. The number of carbonyl (C=O) groups is 2. The summed E-state index contributed by atoms with van der Waals surface area (Å²) in [5.41, 5.74) is 1.29. The molecule has 3 aromatic rings. The molecule has 0 aliphatic carbocycles. The Bertz CT molecular complexity index is 1330. The van der Waals surface area contributed by atoms with Crippen LogP contribution in [-0.2, 0) is 9.59 Å². The number of amides is 2. The van der Waals surface area contributed by atoms with Crippen molar-refractivity contribution in [3.63, 3.8) is 0 Å². The third-order valence-electron chi connectivity index (χ3n) is 4.74. The highest BCUT2D eigenvalue weighted by Gasteiger charge is 2.33. The van der Waals surface area contributed by atoms with Gasteiger partial charge in [-0.1, -0.05) is 65.8 Å². The number of aliphatic imine (C=N–C) groups is 1. The maximum Gasteiger partial charge on any atom is 0.573 e. The van der Waals surface area contributed by atoms with Crippen LogP contribution < -0.4 is 15.0 Å².